The molecule has 0 aliphatic carbocycles. The van der Waals surface area contributed by atoms with Gasteiger partial charge in [0.1, 0.15) is 11.5 Å². The zero-order valence-corrected chi connectivity index (χ0v) is 13.7. The molecule has 0 radical (unpaired) electrons. The molecule has 0 aromatic heterocycles. The Morgan fingerprint density at radius 3 is 2.26 bits per heavy atom. The number of nitrogens with zero attached hydrogens (tertiary/aromatic N) is 1. The highest BCUT2D eigenvalue weighted by atomic mass is 16.5. The summed E-state index contributed by atoms with van der Waals surface area (Å²) in [7, 11) is 1.70. The van der Waals surface area contributed by atoms with Crippen LogP contribution in [0.5, 0.6) is 11.5 Å². The van der Waals surface area contributed by atoms with Crippen molar-refractivity contribution >= 4 is 5.69 Å². The Bertz CT molecular complexity index is 602. The average molecular weight is 313 g/mol. The van der Waals surface area contributed by atoms with E-state index in [0.717, 1.165) is 38.3 Å². The van der Waals surface area contributed by atoms with Crippen LogP contribution in [0.2, 0.25) is 0 Å². The van der Waals surface area contributed by atoms with E-state index >= 15 is 0 Å². The molecule has 4 nitrogen and oxygen atoms in total. The van der Waals surface area contributed by atoms with Gasteiger partial charge in [-0.25, -0.2) is 0 Å². The van der Waals surface area contributed by atoms with Crippen LogP contribution < -0.4 is 14.5 Å². The Hall–Kier alpha value is -2.20. The lowest BCUT2D eigenvalue weighted by Gasteiger charge is -2.33. The fourth-order valence-corrected chi connectivity index (χ4v) is 3.11. The lowest BCUT2D eigenvalue weighted by molar-refractivity contribution is -0.900. The number of hydrogen-bond donors (Lipinski definition) is 2. The van der Waals surface area contributed by atoms with Crippen molar-refractivity contribution < 1.29 is 14.7 Å². The van der Waals surface area contributed by atoms with E-state index in [1.165, 1.54) is 17.8 Å². The first kappa shape index (κ1) is 15.7. The maximum atomic E-state index is 9.38. The third kappa shape index (κ3) is 4.17. The van der Waals surface area contributed by atoms with E-state index in [-0.39, 0.29) is 0 Å². The van der Waals surface area contributed by atoms with Crippen LogP contribution in [0.25, 0.3) is 0 Å². The summed E-state index contributed by atoms with van der Waals surface area (Å²) in [5.74, 6) is 1.25. The minimum absolute atomic E-state index is 0.331. The highest BCUT2D eigenvalue weighted by Crippen LogP contribution is 2.18. The van der Waals surface area contributed by atoms with Crippen LogP contribution in [0.15, 0.2) is 48.5 Å². The second-order valence-corrected chi connectivity index (χ2v) is 6.10. The molecule has 0 unspecified atom stereocenters. The van der Waals surface area contributed by atoms with Crippen LogP contribution in [0, 0.1) is 0 Å². The maximum Gasteiger partial charge on any atom is 0.118 e. The number of piperazine rings is 1. The number of aromatic hydroxyl groups is 1. The molecule has 1 fully saturated rings. The zero-order chi connectivity index (χ0) is 16.1. The molecule has 0 atom stereocenters. The number of benzene rings is 2. The summed E-state index contributed by atoms with van der Waals surface area (Å²) in [4.78, 5) is 4.06. The van der Waals surface area contributed by atoms with E-state index in [0.29, 0.717) is 5.75 Å². The number of rotatable bonds is 5. The highest BCUT2D eigenvalue weighted by Gasteiger charge is 2.19. The predicted octanol–water partition coefficient (Wildman–Crippen LogP) is 1.35. The van der Waals surface area contributed by atoms with E-state index in [4.69, 9.17) is 4.74 Å². The number of hydrogen-bond acceptors (Lipinski definition) is 3. The summed E-state index contributed by atoms with van der Waals surface area (Å²) < 4.78 is 5.20. The van der Waals surface area contributed by atoms with Gasteiger partial charge in [0, 0.05) is 12.1 Å². The number of ether oxygens (including phenoxy) is 1. The zero-order valence-electron chi connectivity index (χ0n) is 13.7. The third-order valence-electron chi connectivity index (χ3n) is 4.61. The van der Waals surface area contributed by atoms with Crippen LogP contribution in [-0.2, 0) is 6.42 Å². The molecule has 2 N–H and O–H groups in total. The van der Waals surface area contributed by atoms with Crippen molar-refractivity contribution in [3.63, 3.8) is 0 Å². The smallest absolute Gasteiger partial charge is 0.118 e. The van der Waals surface area contributed by atoms with Crippen LogP contribution in [0.3, 0.4) is 0 Å². The van der Waals surface area contributed by atoms with Gasteiger partial charge in [0.2, 0.25) is 0 Å². The normalized spacial score (nSPS) is 15.6. The molecule has 1 aliphatic heterocycles. The topological polar surface area (TPSA) is 37.1 Å². The first-order chi connectivity index (χ1) is 11.2. The molecular formula is C19H25N2O2+. The molecular weight excluding hydrogens is 288 g/mol. The minimum atomic E-state index is 0.331. The van der Waals surface area contributed by atoms with Crippen LogP contribution in [0.4, 0.5) is 5.69 Å². The SMILES string of the molecule is COc1ccc(CC[NH+]2CCN(c3ccc(O)cc3)CC2)cc1. The summed E-state index contributed by atoms with van der Waals surface area (Å²) in [5, 5.41) is 9.38. The van der Waals surface area contributed by atoms with Crippen molar-refractivity contribution in [3.05, 3.63) is 54.1 Å². The summed E-state index contributed by atoms with van der Waals surface area (Å²) >= 11 is 0. The first-order valence-corrected chi connectivity index (χ1v) is 8.25. The van der Waals surface area contributed by atoms with Crippen LogP contribution >= 0.6 is 0 Å². The molecule has 23 heavy (non-hydrogen) atoms. The van der Waals surface area contributed by atoms with E-state index in [1.54, 1.807) is 24.1 Å². The Kier molecular flexibility index (Phi) is 5.03. The molecule has 1 heterocycles. The van der Waals surface area contributed by atoms with Gasteiger partial charge in [-0.3, -0.25) is 0 Å². The Balaban J connectivity index is 1.46. The standard InChI is InChI=1S/C19H24N2O2/c1-23-19-8-2-16(3-9-19)10-11-20-12-14-21(15-13-20)17-4-6-18(22)7-5-17/h2-9,22H,10-15H2,1H3/p+1. The van der Waals surface area contributed by atoms with Gasteiger partial charge >= 0.3 is 0 Å². The second kappa shape index (κ2) is 7.38. The molecule has 0 bridgehead atoms. The van der Waals surface area contributed by atoms with Gasteiger partial charge in [-0.1, -0.05) is 12.1 Å². The predicted molar refractivity (Wildman–Crippen MR) is 92.6 cm³/mol. The quantitative estimate of drug-likeness (QED) is 0.875. The molecule has 2 aromatic rings. The fourth-order valence-electron chi connectivity index (χ4n) is 3.11. The van der Waals surface area contributed by atoms with Crippen molar-refractivity contribution in [1.29, 1.82) is 0 Å². The summed E-state index contributed by atoms with van der Waals surface area (Å²) in [6.07, 6.45) is 1.11. The van der Waals surface area contributed by atoms with Crippen LogP contribution in [-0.4, -0.2) is 44.9 Å². The van der Waals surface area contributed by atoms with Crippen molar-refractivity contribution in [2.45, 2.75) is 6.42 Å². The summed E-state index contributed by atoms with van der Waals surface area (Å²) in [6, 6.07) is 15.9. The van der Waals surface area contributed by atoms with Gasteiger partial charge in [-0.15, -0.1) is 0 Å². The lowest BCUT2D eigenvalue weighted by atomic mass is 10.1. The average Bonchev–Trinajstić information content (AvgIpc) is 2.61. The Morgan fingerprint density at radius 1 is 1.00 bits per heavy atom. The monoisotopic (exact) mass is 313 g/mol. The third-order valence-corrected chi connectivity index (χ3v) is 4.61. The first-order valence-electron chi connectivity index (χ1n) is 8.25. The van der Waals surface area contributed by atoms with Crippen LogP contribution in [0.1, 0.15) is 5.56 Å². The molecule has 1 saturated heterocycles. The van der Waals surface area contributed by atoms with E-state index in [2.05, 4.69) is 17.0 Å². The number of anilines is 1. The van der Waals surface area contributed by atoms with Gasteiger partial charge in [-0.2, -0.15) is 0 Å². The number of phenols is 1. The Morgan fingerprint density at radius 2 is 1.65 bits per heavy atom. The van der Waals surface area contributed by atoms with Crippen molar-refractivity contribution in [1.82, 2.24) is 0 Å². The van der Waals surface area contributed by atoms with E-state index < -0.39 is 0 Å². The minimum Gasteiger partial charge on any atom is -0.508 e. The van der Waals surface area contributed by atoms with Crippen molar-refractivity contribution in [2.24, 2.45) is 0 Å². The molecule has 0 amide bonds. The Labute approximate surface area is 137 Å². The number of quaternary nitrogens is 1. The number of phenolic OH excluding ortho intramolecular Hbond substituents is 1. The van der Waals surface area contributed by atoms with E-state index in [1.807, 2.05) is 24.3 Å². The largest absolute Gasteiger partial charge is 0.508 e. The van der Waals surface area contributed by atoms with E-state index in [9.17, 15) is 5.11 Å². The van der Waals surface area contributed by atoms with Crippen molar-refractivity contribution in [3.8, 4) is 11.5 Å². The summed E-state index contributed by atoms with van der Waals surface area (Å²) in [6.45, 7) is 5.65. The molecule has 0 spiro atoms. The number of methoxy groups -OCH3 is 1. The van der Waals surface area contributed by atoms with Gasteiger partial charge in [-0.05, 0) is 42.0 Å². The van der Waals surface area contributed by atoms with Gasteiger partial charge in [0.25, 0.3) is 0 Å². The summed E-state index contributed by atoms with van der Waals surface area (Å²) in [5.41, 5.74) is 2.58. The highest BCUT2D eigenvalue weighted by molar-refractivity contribution is 5.48. The van der Waals surface area contributed by atoms with Gasteiger partial charge in [0.05, 0.1) is 39.8 Å². The fraction of sp³-hybridized carbons (Fsp3) is 0.368. The maximum absolute atomic E-state index is 9.38. The molecule has 4 heteroatoms. The molecule has 1 aliphatic rings. The molecule has 2 aromatic carbocycles. The second-order valence-electron chi connectivity index (χ2n) is 6.10. The van der Waals surface area contributed by atoms with Crippen molar-refractivity contribution in [2.75, 3.05) is 44.7 Å². The van der Waals surface area contributed by atoms with Gasteiger partial charge < -0.3 is 19.6 Å². The van der Waals surface area contributed by atoms with Gasteiger partial charge in [0.15, 0.2) is 0 Å². The number of nitrogens with one attached hydrogen (secondary N) is 1. The molecule has 3 rings (SSSR count). The molecule has 0 saturated carbocycles. The lowest BCUT2D eigenvalue weighted by Crippen LogP contribution is -3.15. The molecule has 122 valence electrons.